The van der Waals surface area contributed by atoms with Gasteiger partial charge in [-0.1, -0.05) is 29.3 Å². The Hall–Kier alpha value is -2.48. The van der Waals surface area contributed by atoms with Crippen molar-refractivity contribution in [1.29, 1.82) is 0 Å². The van der Waals surface area contributed by atoms with Crippen molar-refractivity contribution in [1.82, 2.24) is 9.88 Å². The van der Waals surface area contributed by atoms with Crippen LogP contribution in [0.3, 0.4) is 0 Å². The third-order valence-electron chi connectivity index (χ3n) is 6.32. The van der Waals surface area contributed by atoms with E-state index in [-0.39, 0.29) is 23.0 Å². The average Bonchev–Trinajstić information content (AvgIpc) is 3.07. The molecule has 2 aromatic carbocycles. The molecular formula is C25H22Cl2FN3O2S. The van der Waals surface area contributed by atoms with Crippen LogP contribution in [0.25, 0.3) is 0 Å². The van der Waals surface area contributed by atoms with Crippen LogP contribution in [0.2, 0.25) is 10.0 Å². The van der Waals surface area contributed by atoms with Crippen molar-refractivity contribution in [2.75, 3.05) is 18.0 Å². The standard InChI is InChI=1S/C25H22Cl2FN3O2S/c26-21-8-16(28)3-6-20(21)25(32)30-12-17-4-5-18(13-30)31(17)23-10-19(34)9-22(27)24(23)33-14-15-2-1-7-29-11-15/h1-3,6-11,17-18,34H,4-5,12-14H2. The highest BCUT2D eigenvalue weighted by molar-refractivity contribution is 7.80. The summed E-state index contributed by atoms with van der Waals surface area (Å²) in [6.07, 6.45) is 5.34. The summed E-state index contributed by atoms with van der Waals surface area (Å²) in [5, 5.41) is 0.614. The number of anilines is 1. The molecular weight excluding hydrogens is 496 g/mol. The van der Waals surface area contributed by atoms with Gasteiger partial charge in [-0.2, -0.15) is 0 Å². The van der Waals surface area contributed by atoms with E-state index < -0.39 is 5.82 Å². The smallest absolute Gasteiger partial charge is 0.255 e. The molecule has 0 saturated carbocycles. The number of nitrogens with zero attached hydrogens (tertiary/aromatic N) is 3. The number of hydrogen-bond donors (Lipinski definition) is 1. The number of hydrogen-bond acceptors (Lipinski definition) is 5. The predicted octanol–water partition coefficient (Wildman–Crippen LogP) is 5.89. The van der Waals surface area contributed by atoms with Crippen molar-refractivity contribution in [3.8, 4) is 5.75 Å². The number of ether oxygens (including phenoxy) is 1. The SMILES string of the molecule is O=C(c1ccc(F)cc1Cl)N1CC2CCC(C1)N2c1cc(S)cc(Cl)c1OCc1cccnc1. The van der Waals surface area contributed by atoms with Crippen LogP contribution < -0.4 is 9.64 Å². The molecule has 5 nitrogen and oxygen atoms in total. The van der Waals surface area contributed by atoms with E-state index in [1.807, 2.05) is 18.2 Å². The summed E-state index contributed by atoms with van der Waals surface area (Å²) in [5.74, 6) is -0.0501. The third kappa shape index (κ3) is 4.57. The number of piperazine rings is 1. The Morgan fingerprint density at radius 3 is 2.56 bits per heavy atom. The van der Waals surface area contributed by atoms with Crippen molar-refractivity contribution < 1.29 is 13.9 Å². The van der Waals surface area contributed by atoms with Gasteiger partial charge >= 0.3 is 0 Å². The number of rotatable bonds is 5. The second-order valence-corrected chi connectivity index (χ2v) is 9.88. The van der Waals surface area contributed by atoms with E-state index in [1.54, 1.807) is 23.4 Å². The lowest BCUT2D eigenvalue weighted by atomic mass is 10.1. The van der Waals surface area contributed by atoms with Gasteiger partial charge in [-0.3, -0.25) is 9.78 Å². The van der Waals surface area contributed by atoms with E-state index in [1.165, 1.54) is 18.2 Å². The molecule has 0 radical (unpaired) electrons. The van der Waals surface area contributed by atoms with Crippen LogP contribution in [-0.4, -0.2) is 41.0 Å². The second-order valence-electron chi connectivity index (χ2n) is 8.55. The zero-order valence-electron chi connectivity index (χ0n) is 18.1. The summed E-state index contributed by atoms with van der Waals surface area (Å²) in [6.45, 7) is 1.39. The number of aromatic nitrogens is 1. The van der Waals surface area contributed by atoms with Gasteiger partial charge in [-0.15, -0.1) is 12.6 Å². The Balaban J connectivity index is 1.40. The molecule has 1 aromatic heterocycles. The molecule has 2 atom stereocenters. The molecule has 1 amide bonds. The van der Waals surface area contributed by atoms with Crippen LogP contribution in [0.5, 0.6) is 5.75 Å². The summed E-state index contributed by atoms with van der Waals surface area (Å²) < 4.78 is 19.6. The Bertz CT molecular complexity index is 1220. The summed E-state index contributed by atoms with van der Waals surface area (Å²) in [5.41, 5.74) is 2.13. The highest BCUT2D eigenvalue weighted by Gasteiger charge is 2.43. The fourth-order valence-corrected chi connectivity index (χ4v) is 5.68. The zero-order valence-corrected chi connectivity index (χ0v) is 20.5. The van der Waals surface area contributed by atoms with Gasteiger partial charge in [0.15, 0.2) is 5.75 Å². The van der Waals surface area contributed by atoms with Crippen LogP contribution in [0.1, 0.15) is 28.8 Å². The van der Waals surface area contributed by atoms with E-state index in [0.29, 0.717) is 36.0 Å². The molecule has 2 unspecified atom stereocenters. The summed E-state index contributed by atoms with van der Waals surface area (Å²) >= 11 is 17.3. The lowest BCUT2D eigenvalue weighted by Crippen LogP contribution is -2.55. The lowest BCUT2D eigenvalue weighted by molar-refractivity contribution is 0.0717. The van der Waals surface area contributed by atoms with Crippen molar-refractivity contribution >= 4 is 47.4 Å². The maximum atomic E-state index is 13.5. The molecule has 2 aliphatic rings. The molecule has 3 aromatic rings. The van der Waals surface area contributed by atoms with Crippen molar-refractivity contribution in [3.63, 3.8) is 0 Å². The molecule has 2 bridgehead atoms. The maximum Gasteiger partial charge on any atom is 0.255 e. The number of carbonyl (C=O) groups excluding carboxylic acids is 1. The molecule has 2 fully saturated rings. The van der Waals surface area contributed by atoms with Crippen LogP contribution in [0.4, 0.5) is 10.1 Å². The highest BCUT2D eigenvalue weighted by Crippen LogP contribution is 2.45. The molecule has 3 heterocycles. The normalized spacial score (nSPS) is 19.4. The van der Waals surface area contributed by atoms with E-state index in [2.05, 4.69) is 22.5 Å². The summed E-state index contributed by atoms with van der Waals surface area (Å²) in [6, 6.07) is 11.6. The van der Waals surface area contributed by atoms with Crippen LogP contribution in [0.15, 0.2) is 59.8 Å². The van der Waals surface area contributed by atoms with Crippen molar-refractivity contribution in [3.05, 3.63) is 81.8 Å². The minimum absolute atomic E-state index is 0.0915. The first kappa shape index (κ1) is 23.3. The molecule has 0 spiro atoms. The number of fused-ring (bicyclic) bond motifs is 2. The average molecular weight is 518 g/mol. The second kappa shape index (κ2) is 9.64. The third-order valence-corrected chi connectivity index (χ3v) is 7.18. The van der Waals surface area contributed by atoms with E-state index in [9.17, 15) is 9.18 Å². The maximum absolute atomic E-state index is 13.5. The number of halogens is 3. The van der Waals surface area contributed by atoms with Crippen LogP contribution in [0, 0.1) is 5.82 Å². The minimum Gasteiger partial charge on any atom is -0.485 e. The number of carbonyl (C=O) groups is 1. The first-order valence-electron chi connectivity index (χ1n) is 11.0. The van der Waals surface area contributed by atoms with E-state index in [4.69, 9.17) is 27.9 Å². The molecule has 0 N–H and O–H groups in total. The van der Waals surface area contributed by atoms with Crippen LogP contribution >= 0.6 is 35.8 Å². The monoisotopic (exact) mass is 517 g/mol. The van der Waals surface area contributed by atoms with Gasteiger partial charge in [0, 0.05) is 48.0 Å². The number of pyridine rings is 1. The van der Waals surface area contributed by atoms with Gasteiger partial charge in [0.1, 0.15) is 12.4 Å². The van der Waals surface area contributed by atoms with E-state index in [0.717, 1.165) is 29.0 Å². The van der Waals surface area contributed by atoms with Gasteiger partial charge in [0.05, 0.1) is 21.3 Å². The van der Waals surface area contributed by atoms with Gasteiger partial charge in [-0.25, -0.2) is 4.39 Å². The highest BCUT2D eigenvalue weighted by atomic mass is 35.5. The first-order valence-corrected chi connectivity index (χ1v) is 12.2. The number of benzene rings is 2. The molecule has 2 saturated heterocycles. The Morgan fingerprint density at radius 1 is 1.12 bits per heavy atom. The zero-order chi connectivity index (χ0) is 23.8. The Morgan fingerprint density at radius 2 is 1.88 bits per heavy atom. The molecule has 0 aliphatic carbocycles. The number of thiol groups is 1. The van der Waals surface area contributed by atoms with Gasteiger partial charge < -0.3 is 14.5 Å². The van der Waals surface area contributed by atoms with E-state index >= 15 is 0 Å². The van der Waals surface area contributed by atoms with Crippen molar-refractivity contribution in [2.45, 2.75) is 36.4 Å². The van der Waals surface area contributed by atoms with Gasteiger partial charge in [0.2, 0.25) is 0 Å². The first-order chi connectivity index (χ1) is 16.4. The van der Waals surface area contributed by atoms with Gasteiger partial charge in [0.25, 0.3) is 5.91 Å². The van der Waals surface area contributed by atoms with Gasteiger partial charge in [-0.05, 0) is 49.2 Å². The number of amides is 1. The molecule has 176 valence electrons. The summed E-state index contributed by atoms with van der Waals surface area (Å²) in [4.78, 5) is 22.2. The fourth-order valence-electron chi connectivity index (χ4n) is 4.83. The Labute approximate surface area is 212 Å². The molecule has 2 aliphatic heterocycles. The fraction of sp³-hybridized carbons (Fsp3) is 0.280. The molecule has 9 heteroatoms. The lowest BCUT2D eigenvalue weighted by Gasteiger charge is -2.43. The van der Waals surface area contributed by atoms with Crippen molar-refractivity contribution in [2.24, 2.45) is 0 Å². The molecule has 34 heavy (non-hydrogen) atoms. The number of likely N-dealkylation sites (tertiary alicyclic amines) is 1. The van der Waals surface area contributed by atoms with Crippen LogP contribution in [-0.2, 0) is 6.61 Å². The Kier molecular flexibility index (Phi) is 6.60. The molecule has 5 rings (SSSR count). The quantitative estimate of drug-likeness (QED) is 0.428. The summed E-state index contributed by atoms with van der Waals surface area (Å²) in [7, 11) is 0. The largest absolute Gasteiger partial charge is 0.485 e. The predicted molar refractivity (Wildman–Crippen MR) is 134 cm³/mol. The topological polar surface area (TPSA) is 45.7 Å². The minimum atomic E-state index is -0.464.